The molecule has 21 heavy (non-hydrogen) atoms. The van der Waals surface area contributed by atoms with E-state index >= 15 is 0 Å². The molecule has 0 radical (unpaired) electrons. The number of nitrogens with two attached hydrogens (primary N) is 1. The number of carbonyl (C=O) groups excluding carboxylic acids is 1. The van der Waals surface area contributed by atoms with Gasteiger partial charge in [-0.25, -0.2) is 17.2 Å². The Morgan fingerprint density at radius 2 is 2.10 bits per heavy atom. The zero-order valence-corrected chi connectivity index (χ0v) is 11.9. The van der Waals surface area contributed by atoms with Crippen LogP contribution in [0.5, 0.6) is 0 Å². The number of hydrogen-bond acceptors (Lipinski definition) is 4. The molecule has 1 aliphatic heterocycles. The minimum absolute atomic E-state index is 0.371. The lowest BCUT2D eigenvalue weighted by atomic mass is 10.2. The molecule has 116 valence electrons. The van der Waals surface area contributed by atoms with Crippen molar-refractivity contribution in [3.05, 3.63) is 29.8 Å². The van der Waals surface area contributed by atoms with Crippen molar-refractivity contribution in [2.75, 3.05) is 19.6 Å². The zero-order chi connectivity index (χ0) is 15.6. The van der Waals surface area contributed by atoms with E-state index in [0.29, 0.717) is 25.6 Å². The normalized spacial score (nSPS) is 19.1. The minimum Gasteiger partial charge on any atom is -0.369 e. The fourth-order valence-corrected chi connectivity index (χ4v) is 3.85. The van der Waals surface area contributed by atoms with Crippen molar-refractivity contribution in [3.8, 4) is 0 Å². The highest BCUT2D eigenvalue weighted by Crippen LogP contribution is 2.22. The molecule has 1 aromatic rings. The van der Waals surface area contributed by atoms with Crippen molar-refractivity contribution in [1.29, 1.82) is 0 Å². The molecule has 1 amide bonds. The highest BCUT2D eigenvalue weighted by molar-refractivity contribution is 7.89. The second kappa shape index (κ2) is 6.04. The van der Waals surface area contributed by atoms with Crippen LogP contribution in [0.4, 0.5) is 8.78 Å². The molecule has 1 fully saturated rings. The lowest BCUT2D eigenvalue weighted by Crippen LogP contribution is -2.46. The van der Waals surface area contributed by atoms with E-state index in [2.05, 4.69) is 5.32 Å². The fraction of sp³-hybridized carbons (Fsp3) is 0.417. The summed E-state index contributed by atoms with van der Waals surface area (Å²) in [6.07, 6.45) is 0.510. The molecular weight excluding hydrogens is 304 g/mol. The predicted octanol–water partition coefficient (Wildman–Crippen LogP) is -0.197. The molecule has 2 rings (SSSR count). The molecule has 3 N–H and O–H groups in total. The Hall–Kier alpha value is -1.58. The highest BCUT2D eigenvalue weighted by atomic mass is 32.2. The van der Waals surface area contributed by atoms with Crippen LogP contribution in [0.25, 0.3) is 0 Å². The second-order valence-electron chi connectivity index (χ2n) is 4.74. The molecule has 1 atom stereocenters. The number of nitrogens with one attached hydrogen (secondary N) is 1. The number of amides is 1. The predicted molar refractivity (Wildman–Crippen MR) is 70.7 cm³/mol. The number of halogens is 2. The molecule has 0 saturated carbocycles. The van der Waals surface area contributed by atoms with Crippen LogP contribution in [0.1, 0.15) is 6.42 Å². The number of carbonyl (C=O) groups is 1. The Morgan fingerprint density at radius 3 is 2.62 bits per heavy atom. The Labute approximate surface area is 121 Å². The Morgan fingerprint density at radius 1 is 1.38 bits per heavy atom. The van der Waals surface area contributed by atoms with E-state index in [1.165, 1.54) is 0 Å². The first-order chi connectivity index (χ1) is 9.82. The molecule has 1 unspecified atom stereocenters. The van der Waals surface area contributed by atoms with Crippen LogP contribution in [0, 0.1) is 11.6 Å². The lowest BCUT2D eigenvalue weighted by Gasteiger charge is -2.26. The van der Waals surface area contributed by atoms with Crippen molar-refractivity contribution in [2.45, 2.75) is 17.4 Å². The number of sulfonamides is 1. The first-order valence-electron chi connectivity index (χ1n) is 6.28. The largest absolute Gasteiger partial charge is 0.369 e. The monoisotopic (exact) mass is 319 g/mol. The van der Waals surface area contributed by atoms with E-state index in [1.807, 2.05) is 0 Å². The maximum Gasteiger partial charge on any atom is 0.243 e. The first-order valence-corrected chi connectivity index (χ1v) is 7.72. The smallest absolute Gasteiger partial charge is 0.243 e. The van der Waals surface area contributed by atoms with Gasteiger partial charge in [0.2, 0.25) is 15.9 Å². The Balaban J connectivity index is 2.40. The van der Waals surface area contributed by atoms with Crippen LogP contribution < -0.4 is 11.1 Å². The molecule has 6 nitrogen and oxygen atoms in total. The zero-order valence-electron chi connectivity index (χ0n) is 11.1. The Kier molecular flexibility index (Phi) is 4.55. The maximum absolute atomic E-state index is 13.3. The number of benzene rings is 1. The van der Waals surface area contributed by atoms with E-state index < -0.39 is 45.0 Å². The number of primary amides is 1. The van der Waals surface area contributed by atoms with Crippen molar-refractivity contribution in [1.82, 2.24) is 9.62 Å². The van der Waals surface area contributed by atoms with Crippen molar-refractivity contribution >= 4 is 15.9 Å². The van der Waals surface area contributed by atoms with E-state index in [-0.39, 0.29) is 0 Å². The lowest BCUT2D eigenvalue weighted by molar-refractivity contribution is -0.118. The number of nitrogens with zero attached hydrogens (tertiary/aromatic N) is 1. The summed E-state index contributed by atoms with van der Waals surface area (Å²) in [7, 11) is -4.13. The first kappa shape index (κ1) is 15.8. The molecule has 1 aromatic carbocycles. The summed E-state index contributed by atoms with van der Waals surface area (Å²) in [4.78, 5) is 10.7. The van der Waals surface area contributed by atoms with Crippen molar-refractivity contribution < 1.29 is 22.0 Å². The van der Waals surface area contributed by atoms with E-state index in [0.717, 1.165) is 16.4 Å². The number of hydrogen-bond donors (Lipinski definition) is 2. The summed E-state index contributed by atoms with van der Waals surface area (Å²) in [6.45, 7) is 0.469. The third kappa shape index (κ3) is 3.36. The average molecular weight is 319 g/mol. The van der Waals surface area contributed by atoms with Crippen LogP contribution in [0.3, 0.4) is 0 Å². The molecule has 9 heteroatoms. The molecule has 1 heterocycles. The topological polar surface area (TPSA) is 92.5 Å². The van der Waals surface area contributed by atoms with Gasteiger partial charge in [0.05, 0.1) is 11.4 Å². The molecular formula is C12H15F2N3O3S. The van der Waals surface area contributed by atoms with Gasteiger partial charge < -0.3 is 11.1 Å². The van der Waals surface area contributed by atoms with Crippen LogP contribution in [-0.2, 0) is 14.8 Å². The molecule has 0 bridgehead atoms. The van der Waals surface area contributed by atoms with Crippen LogP contribution in [-0.4, -0.2) is 44.3 Å². The van der Waals surface area contributed by atoms with Gasteiger partial charge in [0.15, 0.2) is 11.6 Å². The SMILES string of the molecule is NC(=O)CN(C1CCNC1)S(=O)(=O)c1ccc(F)c(F)c1. The van der Waals surface area contributed by atoms with Gasteiger partial charge in [-0.3, -0.25) is 4.79 Å². The standard InChI is InChI=1S/C12H15F2N3O3S/c13-10-2-1-9(5-11(10)14)21(19,20)17(7-12(15)18)8-3-4-16-6-8/h1-2,5,8,16H,3-4,6-7H2,(H2,15,18). The molecule has 1 saturated heterocycles. The molecule has 0 aromatic heterocycles. The molecule has 0 aliphatic carbocycles. The highest BCUT2D eigenvalue weighted by Gasteiger charge is 2.34. The van der Waals surface area contributed by atoms with Crippen molar-refractivity contribution in [2.24, 2.45) is 5.73 Å². The quantitative estimate of drug-likeness (QED) is 0.786. The third-order valence-electron chi connectivity index (χ3n) is 3.25. The van der Waals surface area contributed by atoms with Gasteiger partial charge in [-0.1, -0.05) is 0 Å². The molecule has 1 aliphatic rings. The molecule has 0 spiro atoms. The summed E-state index contributed by atoms with van der Waals surface area (Å²) in [5, 5.41) is 2.98. The van der Waals surface area contributed by atoms with Crippen LogP contribution in [0.2, 0.25) is 0 Å². The van der Waals surface area contributed by atoms with Crippen LogP contribution >= 0.6 is 0 Å². The van der Waals surface area contributed by atoms with Gasteiger partial charge >= 0.3 is 0 Å². The van der Waals surface area contributed by atoms with E-state index in [9.17, 15) is 22.0 Å². The van der Waals surface area contributed by atoms with Gasteiger partial charge in [0.25, 0.3) is 0 Å². The minimum atomic E-state index is -4.13. The van der Waals surface area contributed by atoms with Crippen LogP contribution in [0.15, 0.2) is 23.1 Å². The average Bonchev–Trinajstić information content (AvgIpc) is 2.92. The van der Waals surface area contributed by atoms with Gasteiger partial charge in [0, 0.05) is 12.6 Å². The summed E-state index contributed by atoms with van der Waals surface area (Å²) in [6, 6.07) is 1.85. The third-order valence-corrected chi connectivity index (χ3v) is 5.15. The summed E-state index contributed by atoms with van der Waals surface area (Å²) in [5.74, 6) is -3.22. The summed E-state index contributed by atoms with van der Waals surface area (Å²) in [5.41, 5.74) is 5.09. The van der Waals surface area contributed by atoms with E-state index in [1.54, 1.807) is 0 Å². The van der Waals surface area contributed by atoms with Gasteiger partial charge in [-0.15, -0.1) is 0 Å². The van der Waals surface area contributed by atoms with Gasteiger partial charge in [-0.2, -0.15) is 4.31 Å². The van der Waals surface area contributed by atoms with Gasteiger partial charge in [-0.05, 0) is 31.2 Å². The summed E-state index contributed by atoms with van der Waals surface area (Å²) < 4.78 is 52.2. The fourth-order valence-electron chi connectivity index (χ4n) is 2.22. The van der Waals surface area contributed by atoms with Gasteiger partial charge in [0.1, 0.15) is 0 Å². The van der Waals surface area contributed by atoms with E-state index in [4.69, 9.17) is 5.73 Å². The Bertz CT molecular complexity index is 645. The second-order valence-corrected chi connectivity index (χ2v) is 6.63. The summed E-state index contributed by atoms with van der Waals surface area (Å²) >= 11 is 0. The van der Waals surface area contributed by atoms with Crippen molar-refractivity contribution in [3.63, 3.8) is 0 Å². The maximum atomic E-state index is 13.3. The number of rotatable bonds is 5.